The van der Waals surface area contributed by atoms with Gasteiger partial charge in [0.2, 0.25) is 0 Å². The monoisotopic (exact) mass is 277 g/mol. The number of hydrogen-bond donors (Lipinski definition) is 1. The molecule has 19 heavy (non-hydrogen) atoms. The van der Waals surface area contributed by atoms with Crippen LogP contribution < -0.4 is 4.74 Å². The molecule has 4 nitrogen and oxygen atoms in total. The molecule has 1 aromatic heterocycles. The first-order valence-electron chi connectivity index (χ1n) is 5.00. The summed E-state index contributed by atoms with van der Waals surface area (Å²) in [5.74, 6) is -1.68. The Hall–Kier alpha value is -2.09. The SMILES string of the molecule is OCc1coc(Oc2ccc(F)c(C(F)(F)F)c2)n1. The molecule has 0 atom stereocenters. The van der Waals surface area contributed by atoms with Crippen molar-refractivity contribution >= 4 is 0 Å². The molecule has 2 rings (SSSR count). The van der Waals surface area contributed by atoms with Crippen molar-refractivity contribution in [2.24, 2.45) is 0 Å². The average Bonchev–Trinajstić information content (AvgIpc) is 2.78. The maximum absolute atomic E-state index is 13.0. The highest BCUT2D eigenvalue weighted by atomic mass is 19.4. The second kappa shape index (κ2) is 4.88. The van der Waals surface area contributed by atoms with Gasteiger partial charge < -0.3 is 14.3 Å². The van der Waals surface area contributed by atoms with Crippen molar-refractivity contribution in [3.8, 4) is 11.8 Å². The Morgan fingerprint density at radius 2 is 2.05 bits per heavy atom. The van der Waals surface area contributed by atoms with Gasteiger partial charge in [-0.15, -0.1) is 0 Å². The summed E-state index contributed by atoms with van der Waals surface area (Å²) >= 11 is 0. The van der Waals surface area contributed by atoms with Crippen LogP contribution in [0.3, 0.4) is 0 Å². The zero-order valence-electron chi connectivity index (χ0n) is 9.24. The zero-order valence-corrected chi connectivity index (χ0v) is 9.24. The third-order valence-corrected chi connectivity index (χ3v) is 2.14. The topological polar surface area (TPSA) is 55.5 Å². The van der Waals surface area contributed by atoms with Crippen LogP contribution in [0.1, 0.15) is 11.3 Å². The van der Waals surface area contributed by atoms with Gasteiger partial charge in [-0.2, -0.15) is 18.2 Å². The van der Waals surface area contributed by atoms with Crippen LogP contribution in [-0.2, 0) is 12.8 Å². The molecule has 0 bridgehead atoms. The van der Waals surface area contributed by atoms with E-state index in [1.54, 1.807) is 0 Å². The quantitative estimate of drug-likeness (QED) is 0.876. The maximum atomic E-state index is 13.0. The van der Waals surface area contributed by atoms with Crippen molar-refractivity contribution in [1.29, 1.82) is 0 Å². The molecule has 0 unspecified atom stereocenters. The molecule has 0 aliphatic rings. The van der Waals surface area contributed by atoms with Crippen molar-refractivity contribution in [3.63, 3.8) is 0 Å². The third-order valence-electron chi connectivity index (χ3n) is 2.14. The predicted octanol–water partition coefficient (Wildman–Crippen LogP) is 3.12. The summed E-state index contributed by atoms with van der Waals surface area (Å²) in [6.07, 6.45) is -4.08. The Balaban J connectivity index is 2.26. The van der Waals surface area contributed by atoms with Gasteiger partial charge in [0.25, 0.3) is 0 Å². The van der Waals surface area contributed by atoms with Gasteiger partial charge in [-0.3, -0.25) is 0 Å². The number of aliphatic hydroxyl groups excluding tert-OH is 1. The number of oxazole rings is 1. The highest BCUT2D eigenvalue weighted by Gasteiger charge is 2.34. The smallest absolute Gasteiger partial charge is 0.417 e. The summed E-state index contributed by atoms with van der Waals surface area (Å²) in [4.78, 5) is 3.62. The van der Waals surface area contributed by atoms with Gasteiger partial charge in [0.15, 0.2) is 0 Å². The van der Waals surface area contributed by atoms with E-state index in [2.05, 4.69) is 4.98 Å². The Morgan fingerprint density at radius 1 is 1.32 bits per heavy atom. The van der Waals surface area contributed by atoms with Crippen LogP contribution in [0.4, 0.5) is 17.6 Å². The van der Waals surface area contributed by atoms with E-state index in [1.807, 2.05) is 0 Å². The number of nitrogens with zero attached hydrogens (tertiary/aromatic N) is 1. The standard InChI is InChI=1S/C11H7F4NO3/c12-9-2-1-7(3-8(9)11(13,14)15)19-10-16-6(4-17)5-18-10/h1-3,5,17H,4H2. The number of aliphatic hydroxyl groups is 1. The van der Waals surface area contributed by atoms with E-state index in [4.69, 9.17) is 14.3 Å². The second-order valence-electron chi connectivity index (χ2n) is 3.50. The number of halogens is 4. The predicted molar refractivity (Wildman–Crippen MR) is 53.9 cm³/mol. The fraction of sp³-hybridized carbons (Fsp3) is 0.182. The van der Waals surface area contributed by atoms with Gasteiger partial charge in [0.05, 0.1) is 12.2 Å². The van der Waals surface area contributed by atoms with E-state index < -0.39 is 24.2 Å². The van der Waals surface area contributed by atoms with Crippen molar-refractivity contribution in [3.05, 3.63) is 41.5 Å². The van der Waals surface area contributed by atoms with Gasteiger partial charge in [0.1, 0.15) is 23.5 Å². The van der Waals surface area contributed by atoms with Crippen molar-refractivity contribution in [2.75, 3.05) is 0 Å². The first kappa shape index (κ1) is 13.3. The van der Waals surface area contributed by atoms with Crippen LogP contribution in [0.25, 0.3) is 0 Å². The highest BCUT2D eigenvalue weighted by Crippen LogP contribution is 2.34. The van der Waals surface area contributed by atoms with E-state index in [9.17, 15) is 17.6 Å². The number of benzene rings is 1. The van der Waals surface area contributed by atoms with Crippen LogP contribution >= 0.6 is 0 Å². The average molecular weight is 277 g/mol. The molecule has 0 radical (unpaired) electrons. The van der Waals surface area contributed by atoms with E-state index in [1.165, 1.54) is 0 Å². The Labute approximate surface area is 104 Å². The fourth-order valence-corrected chi connectivity index (χ4v) is 1.29. The highest BCUT2D eigenvalue weighted by molar-refractivity contribution is 5.33. The van der Waals surface area contributed by atoms with Crippen molar-refractivity contribution in [1.82, 2.24) is 4.98 Å². The van der Waals surface area contributed by atoms with Gasteiger partial charge >= 0.3 is 12.3 Å². The molecule has 0 spiro atoms. The molecular formula is C11H7F4NO3. The lowest BCUT2D eigenvalue weighted by atomic mass is 10.2. The molecular weight excluding hydrogens is 270 g/mol. The molecule has 0 aliphatic carbocycles. The number of ether oxygens (including phenoxy) is 1. The van der Waals surface area contributed by atoms with E-state index in [-0.39, 0.29) is 17.5 Å². The third kappa shape index (κ3) is 3.02. The molecule has 0 amide bonds. The maximum Gasteiger partial charge on any atom is 0.419 e. The van der Waals surface area contributed by atoms with Gasteiger partial charge in [-0.1, -0.05) is 0 Å². The molecule has 8 heteroatoms. The number of alkyl halides is 3. The van der Waals surface area contributed by atoms with Gasteiger partial charge in [-0.25, -0.2) is 4.39 Å². The molecule has 1 heterocycles. The van der Waals surface area contributed by atoms with Crippen LogP contribution in [0.15, 0.2) is 28.9 Å². The fourth-order valence-electron chi connectivity index (χ4n) is 1.29. The number of hydrogen-bond acceptors (Lipinski definition) is 4. The first-order valence-corrected chi connectivity index (χ1v) is 5.00. The molecule has 1 N–H and O–H groups in total. The van der Waals surface area contributed by atoms with Gasteiger partial charge in [0, 0.05) is 0 Å². The number of rotatable bonds is 3. The molecule has 0 saturated heterocycles. The van der Waals surface area contributed by atoms with Gasteiger partial charge in [-0.05, 0) is 18.2 Å². The van der Waals surface area contributed by atoms with Crippen LogP contribution in [0.2, 0.25) is 0 Å². The lowest BCUT2D eigenvalue weighted by molar-refractivity contribution is -0.140. The lowest BCUT2D eigenvalue weighted by Crippen LogP contribution is -2.08. The minimum absolute atomic E-state index is 0.160. The van der Waals surface area contributed by atoms with E-state index in [0.717, 1.165) is 12.3 Å². The minimum atomic E-state index is -4.82. The molecule has 2 aromatic rings. The van der Waals surface area contributed by atoms with Crippen molar-refractivity contribution in [2.45, 2.75) is 12.8 Å². The summed E-state index contributed by atoms with van der Waals surface area (Å²) in [6.45, 7) is -0.399. The molecule has 0 fully saturated rings. The zero-order chi connectivity index (χ0) is 14.0. The molecule has 0 saturated carbocycles. The van der Waals surface area contributed by atoms with E-state index >= 15 is 0 Å². The Kier molecular flexibility index (Phi) is 3.43. The van der Waals surface area contributed by atoms with E-state index in [0.29, 0.717) is 12.1 Å². The summed E-state index contributed by atoms with van der Waals surface area (Å²) in [5.41, 5.74) is -1.29. The molecule has 0 aliphatic heterocycles. The normalized spacial score (nSPS) is 11.6. The largest absolute Gasteiger partial charge is 0.419 e. The molecule has 1 aromatic carbocycles. The summed E-state index contributed by atoms with van der Waals surface area (Å²) < 4.78 is 60.0. The first-order chi connectivity index (χ1) is 8.90. The summed E-state index contributed by atoms with van der Waals surface area (Å²) in [6, 6.07) is 2.14. The van der Waals surface area contributed by atoms with Crippen LogP contribution in [0.5, 0.6) is 11.8 Å². The lowest BCUT2D eigenvalue weighted by Gasteiger charge is -2.09. The molecule has 102 valence electrons. The summed E-state index contributed by atoms with van der Waals surface area (Å²) in [5, 5.41) is 8.73. The number of aromatic nitrogens is 1. The second-order valence-corrected chi connectivity index (χ2v) is 3.50. The Bertz CT molecular complexity index is 580. The van der Waals surface area contributed by atoms with Crippen LogP contribution in [-0.4, -0.2) is 10.1 Å². The summed E-state index contributed by atoms with van der Waals surface area (Å²) in [7, 11) is 0. The Morgan fingerprint density at radius 3 is 2.63 bits per heavy atom. The van der Waals surface area contributed by atoms with Crippen molar-refractivity contribution < 1.29 is 31.8 Å². The minimum Gasteiger partial charge on any atom is -0.417 e. The van der Waals surface area contributed by atoms with Crippen LogP contribution in [0, 0.1) is 5.82 Å².